The smallest absolute Gasteiger partial charge is 0.337 e. The molecule has 0 aromatic heterocycles. The summed E-state index contributed by atoms with van der Waals surface area (Å²) in [5, 5.41) is 0. The van der Waals surface area contributed by atoms with E-state index in [1.807, 2.05) is 12.1 Å². The van der Waals surface area contributed by atoms with Gasteiger partial charge in [-0.1, -0.05) is 12.1 Å². The number of amides is 1. The molecule has 1 unspecified atom stereocenters. The van der Waals surface area contributed by atoms with Gasteiger partial charge in [0, 0.05) is 6.54 Å². The van der Waals surface area contributed by atoms with Crippen LogP contribution in [0, 0.1) is 5.82 Å². The first-order chi connectivity index (χ1) is 17.4. The van der Waals surface area contributed by atoms with Crippen LogP contribution in [0.1, 0.15) is 33.1 Å². The second kappa shape index (κ2) is 11.1. The van der Waals surface area contributed by atoms with Crippen molar-refractivity contribution in [3.05, 3.63) is 88.7 Å². The van der Waals surface area contributed by atoms with Crippen LogP contribution >= 0.6 is 0 Å². The summed E-state index contributed by atoms with van der Waals surface area (Å²) >= 11 is 0. The third kappa shape index (κ3) is 5.43. The first kappa shape index (κ1) is 25.0. The van der Waals surface area contributed by atoms with Crippen LogP contribution < -0.4 is 14.2 Å². The van der Waals surface area contributed by atoms with Gasteiger partial charge >= 0.3 is 5.97 Å². The molecule has 7 nitrogen and oxygen atoms in total. The maximum atomic E-state index is 13.4. The number of hydrogen-bond donors (Lipinski definition) is 0. The van der Waals surface area contributed by atoms with Crippen LogP contribution in [0.4, 0.5) is 4.39 Å². The standard InChI is InChI=1S/C28H28FNO6/c1-33-25-15-20-12-13-30(27(31)14-18-4-8-21(29)9-5-18)24(23(20)16-26(25)34-2)17-36-22-10-6-19(7-11-22)28(32)35-3/h4-11,15-16,24H,12-14,17H2,1-3H3. The molecule has 1 heterocycles. The molecular formula is C28H28FNO6. The van der Waals surface area contributed by atoms with E-state index in [1.54, 1.807) is 55.5 Å². The molecule has 1 amide bonds. The van der Waals surface area contributed by atoms with Gasteiger partial charge in [0.2, 0.25) is 5.91 Å². The van der Waals surface area contributed by atoms with E-state index in [0.29, 0.717) is 35.8 Å². The van der Waals surface area contributed by atoms with Crippen molar-refractivity contribution in [2.24, 2.45) is 0 Å². The molecule has 0 spiro atoms. The van der Waals surface area contributed by atoms with Gasteiger partial charge in [-0.3, -0.25) is 4.79 Å². The molecule has 0 bridgehead atoms. The van der Waals surface area contributed by atoms with Crippen molar-refractivity contribution < 1.29 is 32.9 Å². The topological polar surface area (TPSA) is 74.3 Å². The minimum atomic E-state index is -0.429. The zero-order valence-corrected chi connectivity index (χ0v) is 20.5. The highest BCUT2D eigenvalue weighted by Crippen LogP contribution is 2.38. The minimum Gasteiger partial charge on any atom is -0.493 e. The Kier molecular flexibility index (Phi) is 7.73. The van der Waals surface area contributed by atoms with E-state index in [9.17, 15) is 14.0 Å². The number of rotatable bonds is 8. The molecule has 8 heteroatoms. The average Bonchev–Trinajstić information content (AvgIpc) is 2.91. The van der Waals surface area contributed by atoms with Gasteiger partial charge in [-0.25, -0.2) is 9.18 Å². The van der Waals surface area contributed by atoms with Crippen molar-refractivity contribution in [2.45, 2.75) is 18.9 Å². The van der Waals surface area contributed by atoms with Gasteiger partial charge in [-0.15, -0.1) is 0 Å². The fourth-order valence-corrected chi connectivity index (χ4v) is 4.37. The van der Waals surface area contributed by atoms with Gasteiger partial charge in [0.05, 0.1) is 39.4 Å². The normalized spacial score (nSPS) is 14.6. The Balaban J connectivity index is 1.61. The zero-order chi connectivity index (χ0) is 25.7. The molecule has 36 heavy (non-hydrogen) atoms. The lowest BCUT2D eigenvalue weighted by Crippen LogP contribution is -2.43. The fourth-order valence-electron chi connectivity index (χ4n) is 4.37. The molecule has 3 aromatic carbocycles. The van der Waals surface area contributed by atoms with E-state index in [-0.39, 0.29) is 30.8 Å². The number of esters is 1. The first-order valence-electron chi connectivity index (χ1n) is 11.5. The Bertz CT molecular complexity index is 1230. The van der Waals surface area contributed by atoms with Crippen molar-refractivity contribution in [3.63, 3.8) is 0 Å². The molecule has 0 saturated heterocycles. The van der Waals surface area contributed by atoms with E-state index in [1.165, 1.54) is 19.2 Å². The Labute approximate surface area is 209 Å². The molecular weight excluding hydrogens is 465 g/mol. The van der Waals surface area contributed by atoms with Crippen molar-refractivity contribution in [2.75, 3.05) is 34.5 Å². The molecule has 0 N–H and O–H groups in total. The summed E-state index contributed by atoms with van der Waals surface area (Å²) in [4.78, 5) is 26.9. The highest BCUT2D eigenvalue weighted by molar-refractivity contribution is 5.89. The molecule has 0 radical (unpaired) electrons. The molecule has 1 atom stereocenters. The maximum absolute atomic E-state index is 13.4. The molecule has 0 fully saturated rings. The van der Waals surface area contributed by atoms with Crippen molar-refractivity contribution in [1.82, 2.24) is 4.90 Å². The summed E-state index contributed by atoms with van der Waals surface area (Å²) in [6.45, 7) is 0.688. The third-order valence-corrected chi connectivity index (χ3v) is 6.27. The molecule has 0 saturated carbocycles. The highest BCUT2D eigenvalue weighted by atomic mass is 19.1. The second-order valence-electron chi connectivity index (χ2n) is 8.39. The predicted molar refractivity (Wildman–Crippen MR) is 131 cm³/mol. The highest BCUT2D eigenvalue weighted by Gasteiger charge is 2.33. The van der Waals surface area contributed by atoms with Gasteiger partial charge in [0.1, 0.15) is 18.2 Å². The zero-order valence-electron chi connectivity index (χ0n) is 20.5. The molecule has 1 aliphatic heterocycles. The van der Waals surface area contributed by atoms with Crippen molar-refractivity contribution in [3.8, 4) is 17.2 Å². The Morgan fingerprint density at radius 2 is 1.61 bits per heavy atom. The minimum absolute atomic E-state index is 0.0864. The van der Waals surface area contributed by atoms with Crippen LogP contribution in [0.2, 0.25) is 0 Å². The van der Waals surface area contributed by atoms with Gasteiger partial charge in [-0.05, 0) is 71.6 Å². The van der Waals surface area contributed by atoms with E-state index in [4.69, 9.17) is 18.9 Å². The van der Waals surface area contributed by atoms with Crippen molar-refractivity contribution in [1.29, 1.82) is 0 Å². The maximum Gasteiger partial charge on any atom is 0.337 e. The number of carbonyl (C=O) groups is 2. The number of hydrogen-bond acceptors (Lipinski definition) is 6. The molecule has 188 valence electrons. The molecule has 1 aliphatic rings. The Morgan fingerprint density at radius 1 is 0.944 bits per heavy atom. The van der Waals surface area contributed by atoms with E-state index in [0.717, 1.165) is 16.7 Å². The fraction of sp³-hybridized carbons (Fsp3) is 0.286. The lowest BCUT2D eigenvalue weighted by Gasteiger charge is -2.37. The summed E-state index contributed by atoms with van der Waals surface area (Å²) in [5.74, 6) is 0.889. The number of benzene rings is 3. The van der Waals surface area contributed by atoms with Crippen molar-refractivity contribution >= 4 is 11.9 Å². The van der Waals surface area contributed by atoms with Crippen LogP contribution in [-0.4, -0.2) is 51.3 Å². The number of halogens is 1. The first-order valence-corrected chi connectivity index (χ1v) is 11.5. The van der Waals surface area contributed by atoms with E-state index < -0.39 is 5.97 Å². The SMILES string of the molecule is COC(=O)c1ccc(OCC2c3cc(OC)c(OC)cc3CCN2C(=O)Cc2ccc(F)cc2)cc1. The summed E-state index contributed by atoms with van der Waals surface area (Å²) in [6, 6.07) is 16.0. The van der Waals surface area contributed by atoms with E-state index >= 15 is 0 Å². The van der Waals surface area contributed by atoms with Gasteiger partial charge < -0.3 is 23.8 Å². The lowest BCUT2D eigenvalue weighted by atomic mass is 9.91. The number of nitrogens with zero attached hydrogens (tertiary/aromatic N) is 1. The molecule has 4 rings (SSSR count). The van der Waals surface area contributed by atoms with Crippen LogP contribution in [-0.2, 0) is 22.4 Å². The Morgan fingerprint density at radius 3 is 2.25 bits per heavy atom. The second-order valence-corrected chi connectivity index (χ2v) is 8.39. The van der Waals surface area contributed by atoms with Crippen LogP contribution in [0.3, 0.4) is 0 Å². The van der Waals surface area contributed by atoms with Gasteiger partial charge in [0.15, 0.2) is 11.5 Å². The lowest BCUT2D eigenvalue weighted by molar-refractivity contribution is -0.134. The summed E-state index contributed by atoms with van der Waals surface area (Å²) in [7, 11) is 4.48. The number of carbonyl (C=O) groups excluding carboxylic acids is 2. The quantitative estimate of drug-likeness (QED) is 0.434. The van der Waals surface area contributed by atoms with Gasteiger partial charge in [-0.2, -0.15) is 0 Å². The molecule has 3 aromatic rings. The van der Waals surface area contributed by atoms with E-state index in [2.05, 4.69) is 0 Å². The largest absolute Gasteiger partial charge is 0.493 e. The number of ether oxygens (including phenoxy) is 4. The van der Waals surface area contributed by atoms with Gasteiger partial charge in [0.25, 0.3) is 0 Å². The summed E-state index contributed by atoms with van der Waals surface area (Å²) < 4.78 is 35.1. The number of fused-ring (bicyclic) bond motifs is 1. The predicted octanol–water partition coefficient (Wildman–Crippen LogP) is 4.38. The average molecular weight is 494 g/mol. The molecule has 0 aliphatic carbocycles. The van der Waals surface area contributed by atoms with Crippen LogP contribution in [0.15, 0.2) is 60.7 Å². The summed E-state index contributed by atoms with van der Waals surface area (Å²) in [5.41, 5.74) is 3.11. The third-order valence-electron chi connectivity index (χ3n) is 6.27. The monoisotopic (exact) mass is 493 g/mol. The summed E-state index contributed by atoms with van der Waals surface area (Å²) in [6.07, 6.45) is 0.794. The Hall–Kier alpha value is -4.07. The van der Waals surface area contributed by atoms with Crippen LogP contribution in [0.25, 0.3) is 0 Å². The van der Waals surface area contributed by atoms with Crippen LogP contribution in [0.5, 0.6) is 17.2 Å². The number of methoxy groups -OCH3 is 3.